The third-order valence-corrected chi connectivity index (χ3v) is 3.21. The summed E-state index contributed by atoms with van der Waals surface area (Å²) in [5.74, 6) is 2.12. The Morgan fingerprint density at radius 1 is 0.857 bits per heavy atom. The summed E-state index contributed by atoms with van der Waals surface area (Å²) in [6, 6.07) is 0. The molecule has 0 aromatic carbocycles. The van der Waals surface area contributed by atoms with Crippen LogP contribution in [0.5, 0.6) is 0 Å². The summed E-state index contributed by atoms with van der Waals surface area (Å²) >= 11 is 0. The molecule has 0 bridgehead atoms. The van der Waals surface area contributed by atoms with Gasteiger partial charge in [-0.05, 0) is 48.3 Å². The van der Waals surface area contributed by atoms with Gasteiger partial charge in [-0.1, -0.05) is 41.5 Å². The molecule has 2 atom stereocenters. The highest BCUT2D eigenvalue weighted by atomic mass is 14.4. The Labute approximate surface area is 90.5 Å². The lowest BCUT2D eigenvalue weighted by molar-refractivity contribution is 0.320. The van der Waals surface area contributed by atoms with E-state index in [4.69, 9.17) is 0 Å². The molecule has 0 aromatic rings. The summed E-state index contributed by atoms with van der Waals surface area (Å²) in [5, 5.41) is 0. The SMILES string of the molecule is CC(C)(C)CCC1C[C@@H]1CC(C)(C)C. The standard InChI is InChI=1S/C14H28/c1-13(2,3)8-7-11-9-12(11)10-14(4,5)6/h11-12H,7-10H2,1-6H3/t11?,12-/m1/s1. The molecule has 0 nitrogen and oxygen atoms in total. The van der Waals surface area contributed by atoms with E-state index >= 15 is 0 Å². The van der Waals surface area contributed by atoms with Gasteiger partial charge in [-0.25, -0.2) is 0 Å². The van der Waals surface area contributed by atoms with Gasteiger partial charge < -0.3 is 0 Å². The summed E-state index contributed by atoms with van der Waals surface area (Å²) in [6.07, 6.45) is 5.80. The molecule has 1 aliphatic rings. The Morgan fingerprint density at radius 3 is 1.86 bits per heavy atom. The Balaban J connectivity index is 2.15. The van der Waals surface area contributed by atoms with Crippen LogP contribution in [0.25, 0.3) is 0 Å². The van der Waals surface area contributed by atoms with Crippen LogP contribution in [-0.2, 0) is 0 Å². The summed E-state index contributed by atoms with van der Waals surface area (Å²) in [5.41, 5.74) is 1.08. The predicted octanol–water partition coefficient (Wildman–Crippen LogP) is 4.89. The fourth-order valence-corrected chi connectivity index (χ4v) is 2.32. The third-order valence-electron chi connectivity index (χ3n) is 3.21. The van der Waals surface area contributed by atoms with Gasteiger partial charge in [0.1, 0.15) is 0 Å². The normalized spacial score (nSPS) is 27.9. The average Bonchev–Trinajstić information content (AvgIpc) is 2.58. The molecule has 0 aliphatic heterocycles. The van der Waals surface area contributed by atoms with Gasteiger partial charge in [0.15, 0.2) is 0 Å². The predicted molar refractivity (Wildman–Crippen MR) is 64.4 cm³/mol. The summed E-state index contributed by atoms with van der Waals surface area (Å²) < 4.78 is 0. The fourth-order valence-electron chi connectivity index (χ4n) is 2.32. The molecule has 0 amide bonds. The van der Waals surface area contributed by atoms with Crippen molar-refractivity contribution in [3.63, 3.8) is 0 Å². The first-order valence-corrected chi connectivity index (χ1v) is 6.17. The van der Waals surface area contributed by atoms with Crippen LogP contribution >= 0.6 is 0 Å². The van der Waals surface area contributed by atoms with Crippen molar-refractivity contribution in [2.45, 2.75) is 67.2 Å². The Bertz CT molecular complexity index is 177. The van der Waals surface area contributed by atoms with Crippen molar-refractivity contribution in [2.75, 3.05) is 0 Å². The second-order valence-corrected chi connectivity index (χ2v) is 7.62. The molecule has 0 heterocycles. The van der Waals surface area contributed by atoms with Crippen LogP contribution in [0.4, 0.5) is 0 Å². The first-order valence-electron chi connectivity index (χ1n) is 6.17. The van der Waals surface area contributed by atoms with Gasteiger partial charge in [-0.3, -0.25) is 0 Å². The van der Waals surface area contributed by atoms with Crippen molar-refractivity contribution in [3.8, 4) is 0 Å². The maximum atomic E-state index is 2.37. The van der Waals surface area contributed by atoms with Crippen LogP contribution in [0.15, 0.2) is 0 Å². The van der Waals surface area contributed by atoms with Crippen molar-refractivity contribution < 1.29 is 0 Å². The maximum Gasteiger partial charge on any atom is -0.0378 e. The highest BCUT2D eigenvalue weighted by Gasteiger charge is 2.39. The Kier molecular flexibility index (Phi) is 3.33. The number of rotatable bonds is 3. The molecule has 1 fully saturated rings. The van der Waals surface area contributed by atoms with Crippen molar-refractivity contribution in [3.05, 3.63) is 0 Å². The zero-order chi connectivity index (χ0) is 11.0. The Morgan fingerprint density at radius 2 is 1.43 bits per heavy atom. The molecule has 84 valence electrons. The largest absolute Gasteiger partial charge is 0.0602 e. The maximum absolute atomic E-state index is 2.37. The lowest BCUT2D eigenvalue weighted by Crippen LogP contribution is -2.08. The molecular weight excluding hydrogens is 168 g/mol. The minimum atomic E-state index is 0.537. The molecule has 1 aliphatic carbocycles. The van der Waals surface area contributed by atoms with Gasteiger partial charge in [-0.15, -0.1) is 0 Å². The monoisotopic (exact) mass is 196 g/mol. The van der Waals surface area contributed by atoms with Crippen LogP contribution in [0.3, 0.4) is 0 Å². The number of hydrogen-bond donors (Lipinski definition) is 0. The molecule has 14 heavy (non-hydrogen) atoms. The van der Waals surface area contributed by atoms with Crippen LogP contribution in [-0.4, -0.2) is 0 Å². The molecule has 1 saturated carbocycles. The topological polar surface area (TPSA) is 0 Å². The van der Waals surface area contributed by atoms with Crippen LogP contribution in [0.1, 0.15) is 67.2 Å². The molecule has 0 heteroatoms. The van der Waals surface area contributed by atoms with Gasteiger partial charge >= 0.3 is 0 Å². The van der Waals surface area contributed by atoms with E-state index in [1.807, 2.05) is 0 Å². The second-order valence-electron chi connectivity index (χ2n) is 7.62. The van der Waals surface area contributed by atoms with Gasteiger partial charge in [0, 0.05) is 0 Å². The molecule has 1 rings (SSSR count). The smallest absolute Gasteiger partial charge is 0.0378 e. The van der Waals surface area contributed by atoms with Crippen LogP contribution in [0.2, 0.25) is 0 Å². The van der Waals surface area contributed by atoms with E-state index in [0.29, 0.717) is 10.8 Å². The second kappa shape index (κ2) is 3.87. The lowest BCUT2D eigenvalue weighted by atomic mass is 9.86. The Hall–Kier alpha value is 0. The zero-order valence-corrected chi connectivity index (χ0v) is 11.0. The summed E-state index contributed by atoms with van der Waals surface area (Å²) in [7, 11) is 0. The highest BCUT2D eigenvalue weighted by molar-refractivity contribution is 4.89. The molecule has 0 aromatic heterocycles. The fraction of sp³-hybridized carbons (Fsp3) is 1.00. The van der Waals surface area contributed by atoms with Crippen molar-refractivity contribution in [1.29, 1.82) is 0 Å². The van der Waals surface area contributed by atoms with E-state index in [-0.39, 0.29) is 0 Å². The van der Waals surface area contributed by atoms with Gasteiger partial charge in [-0.2, -0.15) is 0 Å². The first kappa shape index (κ1) is 12.1. The lowest BCUT2D eigenvalue weighted by Gasteiger charge is -2.19. The van der Waals surface area contributed by atoms with Crippen LogP contribution < -0.4 is 0 Å². The quantitative estimate of drug-likeness (QED) is 0.603. The first-order chi connectivity index (χ1) is 6.17. The van der Waals surface area contributed by atoms with Crippen molar-refractivity contribution >= 4 is 0 Å². The van der Waals surface area contributed by atoms with Gasteiger partial charge in [0.2, 0.25) is 0 Å². The zero-order valence-electron chi connectivity index (χ0n) is 11.0. The van der Waals surface area contributed by atoms with Gasteiger partial charge in [0.25, 0.3) is 0 Å². The van der Waals surface area contributed by atoms with Crippen molar-refractivity contribution in [2.24, 2.45) is 22.7 Å². The van der Waals surface area contributed by atoms with Gasteiger partial charge in [0.05, 0.1) is 0 Å². The van der Waals surface area contributed by atoms with E-state index in [1.54, 1.807) is 0 Å². The van der Waals surface area contributed by atoms with Crippen LogP contribution in [0, 0.1) is 22.7 Å². The molecule has 0 N–H and O–H groups in total. The van der Waals surface area contributed by atoms with E-state index in [9.17, 15) is 0 Å². The molecule has 1 unspecified atom stereocenters. The molecular formula is C14H28. The van der Waals surface area contributed by atoms with Crippen molar-refractivity contribution in [1.82, 2.24) is 0 Å². The minimum absolute atomic E-state index is 0.537. The molecule has 0 saturated heterocycles. The van der Waals surface area contributed by atoms with E-state index in [1.165, 1.54) is 25.7 Å². The minimum Gasteiger partial charge on any atom is -0.0602 e. The van der Waals surface area contributed by atoms with E-state index < -0.39 is 0 Å². The molecule has 0 spiro atoms. The highest BCUT2D eigenvalue weighted by Crippen LogP contribution is 2.49. The number of hydrogen-bond acceptors (Lipinski definition) is 0. The average molecular weight is 196 g/mol. The van der Waals surface area contributed by atoms with E-state index in [2.05, 4.69) is 41.5 Å². The summed E-state index contributed by atoms with van der Waals surface area (Å²) in [4.78, 5) is 0. The molecule has 0 radical (unpaired) electrons. The van der Waals surface area contributed by atoms with E-state index in [0.717, 1.165) is 11.8 Å². The summed E-state index contributed by atoms with van der Waals surface area (Å²) in [6.45, 7) is 14.2. The third kappa shape index (κ3) is 5.02.